The molecule has 0 saturated carbocycles. The quantitative estimate of drug-likeness (QED) is 0.0210. The zero-order valence-electron chi connectivity index (χ0n) is 45.0. The SMILES string of the molecule is CN=C(N)NCCCCC(=O)Nc1cc(C(F)(F)F)cc(NC(=O)C2=CC(C(=O)Nc3cc(C(F)(F)F)cc(NCCCCCN=C(N)N)c3OC3CCN(C(=O)OC(C)(C)C)C3)=C2)c1OC(C)CCNC(=O)OC(C)(C)C. The van der Waals surface area contributed by atoms with Crippen LogP contribution in [-0.2, 0) is 36.2 Å². The van der Waals surface area contributed by atoms with Crippen LogP contribution in [0.5, 0.6) is 11.5 Å². The van der Waals surface area contributed by atoms with Crippen molar-refractivity contribution in [2.75, 3.05) is 67.6 Å². The highest BCUT2D eigenvalue weighted by molar-refractivity contribution is 6.16. The number of nitrogens with zero attached hydrogens (tertiary/aromatic N) is 3. The molecule has 5 amide bonds. The first-order valence-corrected chi connectivity index (χ1v) is 25.2. The minimum absolute atomic E-state index is 0.000421. The van der Waals surface area contributed by atoms with Crippen molar-refractivity contribution in [2.24, 2.45) is 27.2 Å². The number of nitrogens with one attached hydrogen (secondary N) is 6. The molecule has 2 aliphatic rings. The van der Waals surface area contributed by atoms with Gasteiger partial charge < -0.3 is 72.9 Å². The number of anilines is 4. The second-order valence-electron chi connectivity index (χ2n) is 20.3. The van der Waals surface area contributed by atoms with Crippen LogP contribution < -0.4 is 58.6 Å². The van der Waals surface area contributed by atoms with Gasteiger partial charge in [-0.1, -0.05) is 0 Å². The standard InChI is InChI=1S/C51H72F6N12O9/c1-29(15-20-65-46(73)77-48(2,3)4)75-41-36(66-39(70)14-10-13-19-64-45(60)61-8)25-33(51(55,56)57)27-38(41)68-43(72)31-22-30(23-31)42(71)67-37-26-32(50(52,53)54)24-35(62-17-11-9-12-18-63-44(58)59)40(37)76-34-16-21-69(28-34)47(74)78-49(5,6)7/h22-27,29,34,62H,9-21,28H2,1-8H3,(H,65,73)(H,66,70)(H,67,71)(H,68,72)(H4,58,59,63)(H3,60,61,64). The number of unbranched alkanes of at least 4 members (excludes halogenated alkanes) is 3. The van der Waals surface area contributed by atoms with Crippen LogP contribution in [0.4, 0.5) is 58.7 Å². The molecule has 27 heteroatoms. The van der Waals surface area contributed by atoms with Crippen molar-refractivity contribution >= 4 is 64.6 Å². The molecule has 0 bridgehead atoms. The maximum Gasteiger partial charge on any atom is 0.416 e. The second kappa shape index (κ2) is 27.6. The molecule has 21 nitrogen and oxygen atoms in total. The lowest BCUT2D eigenvalue weighted by Gasteiger charge is -2.25. The number of benzene rings is 2. The smallest absolute Gasteiger partial charge is 0.416 e. The predicted octanol–water partition coefficient (Wildman–Crippen LogP) is 7.74. The van der Waals surface area contributed by atoms with Crippen molar-refractivity contribution in [3.05, 3.63) is 58.7 Å². The van der Waals surface area contributed by atoms with Gasteiger partial charge in [0.25, 0.3) is 11.8 Å². The summed E-state index contributed by atoms with van der Waals surface area (Å²) in [7, 11) is 1.48. The van der Waals surface area contributed by atoms with Crippen molar-refractivity contribution in [3.63, 3.8) is 0 Å². The van der Waals surface area contributed by atoms with E-state index in [1.807, 2.05) is 0 Å². The molecule has 1 heterocycles. The molecule has 12 N–H and O–H groups in total. The summed E-state index contributed by atoms with van der Waals surface area (Å²) >= 11 is 0. The number of likely N-dealkylation sites (tertiary alicyclic amines) is 1. The molecule has 0 radical (unpaired) electrons. The topological polar surface area (TPSA) is 300 Å². The van der Waals surface area contributed by atoms with Gasteiger partial charge in [0.1, 0.15) is 17.3 Å². The molecule has 1 aliphatic carbocycles. The Morgan fingerprint density at radius 3 is 1.81 bits per heavy atom. The zero-order valence-corrected chi connectivity index (χ0v) is 45.0. The molecule has 1 fully saturated rings. The van der Waals surface area contributed by atoms with Crippen molar-refractivity contribution in [2.45, 2.75) is 136 Å². The van der Waals surface area contributed by atoms with Gasteiger partial charge in [-0.15, -0.1) is 0 Å². The molecule has 1 saturated heterocycles. The fourth-order valence-corrected chi connectivity index (χ4v) is 7.42. The summed E-state index contributed by atoms with van der Waals surface area (Å²) in [4.78, 5) is 75.2. The third-order valence-corrected chi connectivity index (χ3v) is 11.2. The molecule has 432 valence electrons. The van der Waals surface area contributed by atoms with E-state index in [9.17, 15) is 50.3 Å². The monoisotopic (exact) mass is 1110 g/mol. The summed E-state index contributed by atoms with van der Waals surface area (Å²) in [5, 5.41) is 15.7. The first-order valence-electron chi connectivity index (χ1n) is 25.2. The van der Waals surface area contributed by atoms with Crippen LogP contribution in [0.15, 0.2) is 57.5 Å². The maximum atomic E-state index is 14.5. The van der Waals surface area contributed by atoms with Crippen LogP contribution in [-0.4, -0.2) is 116 Å². The Labute approximate surface area is 448 Å². The molecule has 1 aliphatic heterocycles. The van der Waals surface area contributed by atoms with Gasteiger partial charge in [0.2, 0.25) is 5.91 Å². The van der Waals surface area contributed by atoms with Gasteiger partial charge in [-0.3, -0.25) is 24.4 Å². The molecular formula is C51H72F6N12O9. The number of nitrogens with two attached hydrogens (primary N) is 3. The molecule has 2 aromatic rings. The minimum Gasteiger partial charge on any atom is -0.486 e. The first-order chi connectivity index (χ1) is 36.3. The largest absolute Gasteiger partial charge is 0.486 e. The predicted molar refractivity (Wildman–Crippen MR) is 283 cm³/mol. The van der Waals surface area contributed by atoms with Gasteiger partial charge in [0.15, 0.2) is 23.4 Å². The third-order valence-electron chi connectivity index (χ3n) is 11.2. The highest BCUT2D eigenvalue weighted by atomic mass is 19.4. The van der Waals surface area contributed by atoms with Crippen LogP contribution in [0.1, 0.15) is 111 Å². The average molecular weight is 1110 g/mol. The van der Waals surface area contributed by atoms with E-state index >= 15 is 0 Å². The number of aliphatic imine (C=N–C) groups is 2. The Hall–Kier alpha value is -7.61. The fraction of sp³-hybridized carbons (Fsp3) is 0.549. The van der Waals surface area contributed by atoms with E-state index in [0.29, 0.717) is 57.0 Å². The van der Waals surface area contributed by atoms with Crippen LogP contribution in [0, 0.1) is 0 Å². The Kier molecular flexibility index (Phi) is 22.3. The number of hydrogen-bond donors (Lipinski definition) is 9. The van der Waals surface area contributed by atoms with Gasteiger partial charge in [-0.25, -0.2) is 9.59 Å². The normalized spacial score (nSPS) is 15.1. The molecule has 4 rings (SSSR count). The average Bonchev–Trinajstić information content (AvgIpc) is 3.77. The number of guanidine groups is 2. The maximum absolute atomic E-state index is 14.5. The molecule has 0 spiro atoms. The van der Waals surface area contributed by atoms with Crippen LogP contribution >= 0.6 is 0 Å². The fourth-order valence-electron chi connectivity index (χ4n) is 7.42. The van der Waals surface area contributed by atoms with E-state index in [0.717, 1.165) is 18.2 Å². The van der Waals surface area contributed by atoms with Crippen molar-refractivity contribution < 1.29 is 69.3 Å². The number of halogens is 6. The zero-order chi connectivity index (χ0) is 58.2. The van der Waals surface area contributed by atoms with E-state index in [2.05, 4.69) is 41.9 Å². The Morgan fingerprint density at radius 1 is 0.705 bits per heavy atom. The van der Waals surface area contributed by atoms with Gasteiger partial charge in [0, 0.05) is 70.2 Å². The lowest BCUT2D eigenvalue weighted by molar-refractivity contribution is -0.138. The van der Waals surface area contributed by atoms with Crippen molar-refractivity contribution in [1.29, 1.82) is 0 Å². The number of alkyl halides is 6. The summed E-state index contributed by atoms with van der Waals surface area (Å²) in [6, 6.07) is 2.76. The number of hydrogen-bond acceptors (Lipinski definition) is 12. The van der Waals surface area contributed by atoms with E-state index in [-0.39, 0.29) is 92.1 Å². The lowest BCUT2D eigenvalue weighted by atomic mass is 9.97. The summed E-state index contributed by atoms with van der Waals surface area (Å²) in [6.45, 7) is 12.7. The number of ether oxygens (including phenoxy) is 4. The third kappa shape index (κ3) is 21.1. The summed E-state index contributed by atoms with van der Waals surface area (Å²) in [6.07, 6.45) is -8.20. The van der Waals surface area contributed by atoms with E-state index in [4.69, 9.17) is 36.1 Å². The van der Waals surface area contributed by atoms with Gasteiger partial charge in [-0.05, 0) is 117 Å². The summed E-state index contributed by atoms with van der Waals surface area (Å²) in [5.41, 5.74) is 10.4. The first kappa shape index (κ1) is 62.9. The van der Waals surface area contributed by atoms with Crippen LogP contribution in [0.3, 0.4) is 0 Å². The molecule has 2 aromatic carbocycles. The lowest BCUT2D eigenvalue weighted by Crippen LogP contribution is -2.36. The number of carbonyl (C=O) groups excluding carboxylic acids is 5. The second-order valence-corrected chi connectivity index (χ2v) is 20.3. The van der Waals surface area contributed by atoms with Gasteiger partial charge in [-0.2, -0.15) is 26.3 Å². The Morgan fingerprint density at radius 2 is 1.26 bits per heavy atom. The van der Waals surface area contributed by atoms with Gasteiger partial charge in [0.05, 0.1) is 46.5 Å². The molecular weight excluding hydrogens is 1040 g/mol. The Bertz CT molecular complexity index is 2590. The van der Waals surface area contributed by atoms with Crippen molar-refractivity contribution in [3.8, 4) is 11.5 Å². The summed E-state index contributed by atoms with van der Waals surface area (Å²) in [5.74, 6) is -3.14. The molecule has 2 atom stereocenters. The molecule has 78 heavy (non-hydrogen) atoms. The van der Waals surface area contributed by atoms with Crippen LogP contribution in [0.25, 0.3) is 0 Å². The highest BCUT2D eigenvalue weighted by Crippen LogP contribution is 2.44. The number of amides is 5. The van der Waals surface area contributed by atoms with E-state index < -0.39 is 93.9 Å². The highest BCUT2D eigenvalue weighted by Gasteiger charge is 2.37. The van der Waals surface area contributed by atoms with E-state index in [1.165, 1.54) is 18.9 Å². The minimum atomic E-state index is -5.00. The van der Waals surface area contributed by atoms with E-state index in [1.54, 1.807) is 41.5 Å². The van der Waals surface area contributed by atoms with Gasteiger partial charge >= 0.3 is 24.5 Å². The number of alkyl carbamates (subject to hydrolysis) is 1. The number of rotatable bonds is 24. The summed E-state index contributed by atoms with van der Waals surface area (Å²) < 4.78 is 110. The van der Waals surface area contributed by atoms with Crippen LogP contribution in [0.2, 0.25) is 0 Å². The Balaban J connectivity index is 1.63. The number of carbonyl (C=O) groups is 5. The molecule has 0 aromatic heterocycles. The molecule has 2 unspecified atom stereocenters. The van der Waals surface area contributed by atoms with Crippen molar-refractivity contribution in [1.82, 2.24) is 15.5 Å².